The van der Waals surface area contributed by atoms with Gasteiger partial charge in [0.05, 0.1) is 6.54 Å². The third-order valence-electron chi connectivity index (χ3n) is 6.30. The second kappa shape index (κ2) is 7.98. The molecule has 1 aromatic carbocycles. The lowest BCUT2D eigenvalue weighted by atomic mass is 9.85. The Hall–Kier alpha value is -1.92. The Morgan fingerprint density at radius 3 is 2.59 bits per heavy atom. The van der Waals surface area contributed by atoms with E-state index in [1.807, 2.05) is 28.0 Å². The number of carbonyl (C=O) groups is 2. The van der Waals surface area contributed by atoms with Gasteiger partial charge in [-0.1, -0.05) is 24.6 Å². The zero-order valence-electron chi connectivity index (χ0n) is 16.0. The van der Waals surface area contributed by atoms with E-state index in [4.69, 9.17) is 5.73 Å². The van der Waals surface area contributed by atoms with Crippen LogP contribution in [0.1, 0.15) is 31.2 Å². The van der Waals surface area contributed by atoms with E-state index in [-0.39, 0.29) is 23.8 Å². The van der Waals surface area contributed by atoms with Gasteiger partial charge in [0.15, 0.2) is 0 Å². The maximum Gasteiger partial charge on any atom is 0.241 e. The number of hydrogen-bond donors (Lipinski definition) is 1. The first-order chi connectivity index (χ1) is 13.1. The van der Waals surface area contributed by atoms with Gasteiger partial charge in [0.1, 0.15) is 0 Å². The summed E-state index contributed by atoms with van der Waals surface area (Å²) in [6.45, 7) is 4.18. The molecule has 6 nitrogen and oxygen atoms in total. The highest BCUT2D eigenvalue weighted by atomic mass is 16.2. The summed E-state index contributed by atoms with van der Waals surface area (Å²) in [6.07, 6.45) is 4.84. The van der Waals surface area contributed by atoms with Crippen molar-refractivity contribution in [2.45, 2.75) is 38.1 Å². The van der Waals surface area contributed by atoms with Crippen molar-refractivity contribution in [1.29, 1.82) is 0 Å². The van der Waals surface area contributed by atoms with E-state index in [2.05, 4.69) is 11.0 Å². The van der Waals surface area contributed by atoms with Crippen LogP contribution < -0.4 is 10.6 Å². The molecule has 1 aromatic rings. The summed E-state index contributed by atoms with van der Waals surface area (Å²) < 4.78 is 0. The van der Waals surface area contributed by atoms with Gasteiger partial charge >= 0.3 is 0 Å². The van der Waals surface area contributed by atoms with E-state index in [0.717, 1.165) is 57.4 Å². The summed E-state index contributed by atoms with van der Waals surface area (Å²) in [5, 5.41) is 0. The van der Waals surface area contributed by atoms with E-state index in [1.54, 1.807) is 0 Å². The third-order valence-corrected chi connectivity index (χ3v) is 6.30. The second-order valence-electron chi connectivity index (χ2n) is 8.15. The number of piperazine rings is 1. The van der Waals surface area contributed by atoms with Crippen LogP contribution in [0, 0.1) is 5.92 Å². The van der Waals surface area contributed by atoms with E-state index in [1.165, 1.54) is 5.56 Å². The summed E-state index contributed by atoms with van der Waals surface area (Å²) in [6, 6.07) is 8.33. The minimum absolute atomic E-state index is 0.100. The van der Waals surface area contributed by atoms with Gasteiger partial charge in [0, 0.05) is 50.4 Å². The summed E-state index contributed by atoms with van der Waals surface area (Å²) in [5.74, 6) is 0.533. The zero-order valence-corrected chi connectivity index (χ0v) is 16.0. The Bertz CT molecular complexity index is 699. The molecule has 1 aliphatic carbocycles. The number of para-hydroxylation sites is 1. The number of fused-ring (bicyclic) bond motifs is 1. The fraction of sp³-hybridized carbons (Fsp3) is 0.619. The molecule has 2 aliphatic heterocycles. The molecule has 0 spiro atoms. The number of amides is 2. The zero-order chi connectivity index (χ0) is 18.8. The lowest BCUT2D eigenvalue weighted by Gasteiger charge is -2.38. The number of hydrogen-bond acceptors (Lipinski definition) is 4. The average molecular weight is 370 g/mol. The predicted octanol–water partition coefficient (Wildman–Crippen LogP) is 1.24. The molecule has 146 valence electrons. The number of nitrogens with two attached hydrogens (primary N) is 1. The minimum atomic E-state index is 0.100. The van der Waals surface area contributed by atoms with Crippen molar-refractivity contribution in [1.82, 2.24) is 9.80 Å². The average Bonchev–Trinajstić information content (AvgIpc) is 3.12. The van der Waals surface area contributed by atoms with Gasteiger partial charge in [-0.15, -0.1) is 0 Å². The normalized spacial score (nSPS) is 26.1. The Kier molecular flexibility index (Phi) is 5.45. The topological polar surface area (TPSA) is 69.9 Å². The van der Waals surface area contributed by atoms with Gasteiger partial charge in [0.25, 0.3) is 0 Å². The fourth-order valence-electron chi connectivity index (χ4n) is 4.71. The standard InChI is InChI=1S/C21H30N4O2/c22-18-6-3-5-17(14-18)21(27)24-12-10-23(11-13-24)15-20(26)25-9-8-16-4-1-2-7-19(16)25/h1-2,4,7,17-18H,3,5-6,8-15,22H2. The first-order valence-corrected chi connectivity index (χ1v) is 10.3. The van der Waals surface area contributed by atoms with Crippen molar-refractivity contribution in [2.75, 3.05) is 44.2 Å². The number of nitrogens with zero attached hydrogens (tertiary/aromatic N) is 3. The number of anilines is 1. The Labute approximate surface area is 161 Å². The van der Waals surface area contributed by atoms with Crippen LogP contribution in [0.5, 0.6) is 0 Å². The molecule has 2 amide bonds. The molecule has 1 saturated carbocycles. The molecule has 2 fully saturated rings. The smallest absolute Gasteiger partial charge is 0.241 e. The van der Waals surface area contributed by atoms with Crippen LogP contribution in [0.15, 0.2) is 24.3 Å². The molecule has 27 heavy (non-hydrogen) atoms. The molecule has 2 heterocycles. The molecule has 0 aromatic heterocycles. The highest BCUT2D eigenvalue weighted by molar-refractivity contribution is 5.96. The van der Waals surface area contributed by atoms with Crippen LogP contribution in [0.3, 0.4) is 0 Å². The highest BCUT2D eigenvalue weighted by Gasteiger charge is 2.32. The quantitative estimate of drug-likeness (QED) is 0.869. The van der Waals surface area contributed by atoms with Crippen LogP contribution in [0.4, 0.5) is 5.69 Å². The molecule has 4 rings (SSSR count). The predicted molar refractivity (Wildman–Crippen MR) is 105 cm³/mol. The first kappa shape index (κ1) is 18.4. The molecule has 2 atom stereocenters. The van der Waals surface area contributed by atoms with Gasteiger partial charge in [-0.25, -0.2) is 0 Å². The molecule has 6 heteroatoms. The summed E-state index contributed by atoms with van der Waals surface area (Å²) >= 11 is 0. The molecule has 0 bridgehead atoms. The highest BCUT2D eigenvalue weighted by Crippen LogP contribution is 2.28. The van der Waals surface area contributed by atoms with Crippen molar-refractivity contribution in [3.05, 3.63) is 29.8 Å². The van der Waals surface area contributed by atoms with Crippen molar-refractivity contribution < 1.29 is 9.59 Å². The van der Waals surface area contributed by atoms with Gasteiger partial charge in [-0.3, -0.25) is 14.5 Å². The maximum absolute atomic E-state index is 12.8. The Morgan fingerprint density at radius 1 is 1.04 bits per heavy atom. The van der Waals surface area contributed by atoms with Crippen LogP contribution in [0.2, 0.25) is 0 Å². The largest absolute Gasteiger partial charge is 0.340 e. The molecular formula is C21H30N4O2. The van der Waals surface area contributed by atoms with Gasteiger partial charge in [-0.2, -0.15) is 0 Å². The summed E-state index contributed by atoms with van der Waals surface area (Å²) in [4.78, 5) is 31.6. The molecule has 1 saturated heterocycles. The first-order valence-electron chi connectivity index (χ1n) is 10.3. The molecule has 2 N–H and O–H groups in total. The molecule has 0 radical (unpaired) electrons. The Balaban J connectivity index is 1.27. The maximum atomic E-state index is 12.8. The SMILES string of the molecule is NC1CCCC(C(=O)N2CCN(CC(=O)N3CCc4ccccc43)CC2)C1. The monoisotopic (exact) mass is 370 g/mol. The minimum Gasteiger partial charge on any atom is -0.340 e. The Morgan fingerprint density at radius 2 is 1.81 bits per heavy atom. The molecule has 3 aliphatic rings. The van der Waals surface area contributed by atoms with Crippen molar-refractivity contribution >= 4 is 17.5 Å². The van der Waals surface area contributed by atoms with Gasteiger partial charge < -0.3 is 15.5 Å². The van der Waals surface area contributed by atoms with Crippen LogP contribution in [-0.2, 0) is 16.0 Å². The van der Waals surface area contributed by atoms with Crippen LogP contribution >= 0.6 is 0 Å². The number of carbonyl (C=O) groups excluding carboxylic acids is 2. The van der Waals surface area contributed by atoms with Crippen LogP contribution in [0.25, 0.3) is 0 Å². The van der Waals surface area contributed by atoms with Gasteiger partial charge in [0.2, 0.25) is 11.8 Å². The number of rotatable bonds is 3. The summed E-state index contributed by atoms with van der Waals surface area (Å²) in [7, 11) is 0. The van der Waals surface area contributed by atoms with E-state index < -0.39 is 0 Å². The van der Waals surface area contributed by atoms with Crippen molar-refractivity contribution in [3.8, 4) is 0 Å². The number of benzene rings is 1. The second-order valence-corrected chi connectivity index (χ2v) is 8.15. The molecule has 2 unspecified atom stereocenters. The fourth-order valence-corrected chi connectivity index (χ4v) is 4.71. The van der Waals surface area contributed by atoms with Gasteiger partial charge in [-0.05, 0) is 37.3 Å². The lowest BCUT2D eigenvalue weighted by molar-refractivity contribution is -0.138. The van der Waals surface area contributed by atoms with E-state index in [9.17, 15) is 9.59 Å². The lowest BCUT2D eigenvalue weighted by Crippen LogP contribution is -2.53. The molecular weight excluding hydrogens is 340 g/mol. The third kappa shape index (κ3) is 4.01. The van der Waals surface area contributed by atoms with E-state index in [0.29, 0.717) is 19.6 Å². The van der Waals surface area contributed by atoms with Crippen LogP contribution in [-0.4, -0.2) is 66.9 Å². The summed E-state index contributed by atoms with van der Waals surface area (Å²) in [5.41, 5.74) is 8.36. The van der Waals surface area contributed by atoms with Crippen molar-refractivity contribution in [2.24, 2.45) is 11.7 Å². The van der Waals surface area contributed by atoms with Crippen molar-refractivity contribution in [3.63, 3.8) is 0 Å². The van der Waals surface area contributed by atoms with E-state index >= 15 is 0 Å².